The van der Waals surface area contributed by atoms with Gasteiger partial charge in [-0.3, -0.25) is 13.9 Å². The van der Waals surface area contributed by atoms with Gasteiger partial charge in [-0.1, -0.05) is 29.8 Å². The Morgan fingerprint density at radius 1 is 1.10 bits per heavy atom. The molecule has 2 aliphatic rings. The summed E-state index contributed by atoms with van der Waals surface area (Å²) in [6.07, 6.45) is 1.00. The molecule has 1 fully saturated rings. The standard InChI is InChI=1S/C21H21ClN2O5S/c1-29-21(26)14-8-10-23(11-9-14)20(25)13-24-18-7-6-15(22)12-17(18)16-4-2-3-5-19(16)30(24,27)28/h2-7,12,14H,8-11,13H2,1H3. The highest BCUT2D eigenvalue weighted by Gasteiger charge is 2.37. The maximum Gasteiger partial charge on any atom is 0.308 e. The number of piperidine rings is 1. The van der Waals surface area contributed by atoms with Crippen LogP contribution in [0.2, 0.25) is 5.02 Å². The zero-order valence-corrected chi connectivity index (χ0v) is 17.9. The van der Waals surface area contributed by atoms with Crippen LogP contribution in [0.1, 0.15) is 12.8 Å². The van der Waals surface area contributed by atoms with Crippen LogP contribution >= 0.6 is 11.6 Å². The molecule has 2 aromatic carbocycles. The van der Waals surface area contributed by atoms with E-state index >= 15 is 0 Å². The normalized spacial score (nSPS) is 17.8. The number of ether oxygens (including phenoxy) is 1. The molecule has 0 aliphatic carbocycles. The number of carbonyl (C=O) groups is 2. The minimum atomic E-state index is -3.90. The molecule has 9 heteroatoms. The second kappa shape index (κ2) is 7.92. The number of amides is 1. The first-order valence-corrected chi connectivity index (χ1v) is 11.4. The molecule has 0 unspecified atom stereocenters. The van der Waals surface area contributed by atoms with Crippen LogP contribution in [0, 0.1) is 5.92 Å². The molecule has 0 radical (unpaired) electrons. The van der Waals surface area contributed by atoms with E-state index in [2.05, 4.69) is 0 Å². The van der Waals surface area contributed by atoms with E-state index in [9.17, 15) is 18.0 Å². The van der Waals surface area contributed by atoms with Crippen LogP contribution in [-0.2, 0) is 24.3 Å². The monoisotopic (exact) mass is 448 g/mol. The van der Waals surface area contributed by atoms with Gasteiger partial charge in [0, 0.05) is 29.2 Å². The summed E-state index contributed by atoms with van der Waals surface area (Å²) in [6.45, 7) is 0.460. The molecular weight excluding hydrogens is 428 g/mol. The number of nitrogens with zero attached hydrogens (tertiary/aromatic N) is 2. The lowest BCUT2D eigenvalue weighted by molar-refractivity contribution is -0.148. The zero-order chi connectivity index (χ0) is 21.5. The molecule has 0 spiro atoms. The van der Waals surface area contributed by atoms with Gasteiger partial charge in [-0.05, 0) is 37.1 Å². The quantitative estimate of drug-likeness (QED) is 0.674. The summed E-state index contributed by atoms with van der Waals surface area (Å²) in [7, 11) is -2.55. The molecule has 30 heavy (non-hydrogen) atoms. The first kappa shape index (κ1) is 20.7. The number of fused-ring (bicyclic) bond motifs is 3. The number of likely N-dealkylation sites (tertiary alicyclic amines) is 1. The van der Waals surface area contributed by atoms with Crippen molar-refractivity contribution in [3.63, 3.8) is 0 Å². The molecule has 0 bridgehead atoms. The summed E-state index contributed by atoms with van der Waals surface area (Å²) in [6, 6.07) is 11.6. The minimum Gasteiger partial charge on any atom is -0.469 e. The van der Waals surface area contributed by atoms with Crippen molar-refractivity contribution in [3.05, 3.63) is 47.5 Å². The highest BCUT2D eigenvalue weighted by Crippen LogP contribution is 2.43. The third-order valence-electron chi connectivity index (χ3n) is 5.63. The number of carbonyl (C=O) groups excluding carboxylic acids is 2. The lowest BCUT2D eigenvalue weighted by Gasteiger charge is -2.35. The van der Waals surface area contributed by atoms with Crippen LogP contribution in [-0.4, -0.2) is 51.9 Å². The first-order valence-electron chi connectivity index (χ1n) is 9.60. The Kier molecular flexibility index (Phi) is 5.46. The Balaban J connectivity index is 1.62. The van der Waals surface area contributed by atoms with Crippen LogP contribution in [0.4, 0.5) is 5.69 Å². The van der Waals surface area contributed by atoms with Crippen molar-refractivity contribution in [1.29, 1.82) is 0 Å². The van der Waals surface area contributed by atoms with Crippen molar-refractivity contribution in [2.75, 3.05) is 31.0 Å². The van der Waals surface area contributed by atoms with Gasteiger partial charge in [0.05, 0.1) is 23.6 Å². The van der Waals surface area contributed by atoms with E-state index in [-0.39, 0.29) is 29.2 Å². The van der Waals surface area contributed by atoms with E-state index in [1.165, 1.54) is 13.2 Å². The fourth-order valence-electron chi connectivity index (χ4n) is 4.03. The summed E-state index contributed by atoms with van der Waals surface area (Å²) in [5, 5.41) is 0.485. The van der Waals surface area contributed by atoms with Crippen molar-refractivity contribution in [1.82, 2.24) is 4.90 Å². The molecule has 1 amide bonds. The first-order chi connectivity index (χ1) is 14.3. The van der Waals surface area contributed by atoms with Crippen molar-refractivity contribution in [2.24, 2.45) is 5.92 Å². The van der Waals surface area contributed by atoms with Gasteiger partial charge >= 0.3 is 5.97 Å². The van der Waals surface area contributed by atoms with Gasteiger partial charge in [0.25, 0.3) is 10.0 Å². The third kappa shape index (κ3) is 3.54. The molecule has 2 aliphatic heterocycles. The Bertz CT molecular complexity index is 1110. The number of benzene rings is 2. The van der Waals surface area contributed by atoms with Gasteiger partial charge in [0.2, 0.25) is 5.91 Å². The number of hydrogen-bond acceptors (Lipinski definition) is 5. The van der Waals surface area contributed by atoms with Gasteiger partial charge in [0.15, 0.2) is 0 Å². The van der Waals surface area contributed by atoms with Crippen molar-refractivity contribution >= 4 is 39.2 Å². The highest BCUT2D eigenvalue weighted by molar-refractivity contribution is 7.93. The molecule has 158 valence electrons. The lowest BCUT2D eigenvalue weighted by atomic mass is 9.97. The zero-order valence-electron chi connectivity index (χ0n) is 16.4. The van der Waals surface area contributed by atoms with E-state index in [1.807, 2.05) is 0 Å². The molecule has 2 heterocycles. The van der Waals surface area contributed by atoms with Crippen LogP contribution in [0.5, 0.6) is 0 Å². The van der Waals surface area contributed by atoms with Crippen LogP contribution in [0.3, 0.4) is 0 Å². The van der Waals surface area contributed by atoms with E-state index in [0.717, 1.165) is 4.31 Å². The Morgan fingerprint density at radius 2 is 1.80 bits per heavy atom. The molecule has 4 rings (SSSR count). The van der Waals surface area contributed by atoms with Crippen molar-refractivity contribution in [3.8, 4) is 11.1 Å². The molecule has 0 N–H and O–H groups in total. The van der Waals surface area contributed by atoms with Gasteiger partial charge < -0.3 is 9.64 Å². The summed E-state index contributed by atoms with van der Waals surface area (Å²) in [4.78, 5) is 26.4. The molecule has 7 nitrogen and oxygen atoms in total. The van der Waals surface area contributed by atoms with E-state index in [1.54, 1.807) is 41.3 Å². The van der Waals surface area contributed by atoms with Gasteiger partial charge in [-0.2, -0.15) is 0 Å². The van der Waals surface area contributed by atoms with Gasteiger partial charge in [-0.15, -0.1) is 0 Å². The summed E-state index contributed by atoms with van der Waals surface area (Å²) < 4.78 is 32.5. The topological polar surface area (TPSA) is 84.0 Å². The van der Waals surface area contributed by atoms with E-state index in [0.29, 0.717) is 47.8 Å². The Morgan fingerprint density at radius 3 is 2.50 bits per heavy atom. The van der Waals surface area contributed by atoms with E-state index in [4.69, 9.17) is 16.3 Å². The third-order valence-corrected chi connectivity index (χ3v) is 7.69. The smallest absolute Gasteiger partial charge is 0.308 e. The van der Waals surface area contributed by atoms with Crippen LogP contribution < -0.4 is 4.31 Å². The Hall–Kier alpha value is -2.58. The fraction of sp³-hybridized carbons (Fsp3) is 0.333. The highest BCUT2D eigenvalue weighted by atomic mass is 35.5. The predicted octanol–water partition coefficient (Wildman–Crippen LogP) is 2.93. The second-order valence-corrected chi connectivity index (χ2v) is 9.61. The van der Waals surface area contributed by atoms with Crippen molar-refractivity contribution < 1.29 is 22.7 Å². The number of rotatable bonds is 3. The summed E-state index contributed by atoms with van der Waals surface area (Å²) in [5.74, 6) is -0.808. The van der Waals surface area contributed by atoms with Crippen LogP contribution in [0.25, 0.3) is 11.1 Å². The van der Waals surface area contributed by atoms with Gasteiger partial charge in [-0.25, -0.2) is 8.42 Å². The minimum absolute atomic E-state index is 0.150. The number of anilines is 1. The lowest BCUT2D eigenvalue weighted by Crippen LogP contribution is -2.47. The average Bonchev–Trinajstić information content (AvgIpc) is 2.76. The maximum absolute atomic E-state index is 13.3. The second-order valence-electron chi connectivity index (χ2n) is 7.35. The molecular formula is C21H21ClN2O5S. The predicted molar refractivity (Wildman–Crippen MR) is 113 cm³/mol. The fourth-order valence-corrected chi connectivity index (χ4v) is 5.84. The number of sulfonamides is 1. The molecule has 2 aromatic rings. The SMILES string of the molecule is COC(=O)C1CCN(C(=O)CN2c3ccc(Cl)cc3-c3ccccc3S2(=O)=O)CC1. The molecule has 0 atom stereocenters. The molecule has 1 saturated heterocycles. The maximum atomic E-state index is 13.3. The number of methoxy groups -OCH3 is 1. The average molecular weight is 449 g/mol. The number of hydrogen-bond donors (Lipinski definition) is 0. The van der Waals surface area contributed by atoms with Crippen LogP contribution in [0.15, 0.2) is 47.4 Å². The Labute approximate surface area is 180 Å². The number of halogens is 1. The van der Waals surface area contributed by atoms with Crippen molar-refractivity contribution in [2.45, 2.75) is 17.7 Å². The van der Waals surface area contributed by atoms with E-state index < -0.39 is 10.0 Å². The largest absolute Gasteiger partial charge is 0.469 e. The number of esters is 1. The molecule has 0 saturated carbocycles. The molecule has 0 aromatic heterocycles. The van der Waals surface area contributed by atoms with Gasteiger partial charge in [0.1, 0.15) is 6.54 Å². The summed E-state index contributed by atoms with van der Waals surface area (Å²) in [5.41, 5.74) is 1.67. The summed E-state index contributed by atoms with van der Waals surface area (Å²) >= 11 is 6.16.